The second-order valence-electron chi connectivity index (χ2n) is 6.17. The lowest BCUT2D eigenvalue weighted by molar-refractivity contribution is 0.457. The molecular formula is C13H24N2S. The third-order valence-electron chi connectivity index (χ3n) is 4.72. The molecule has 0 aromatic rings. The zero-order chi connectivity index (χ0) is 12.0. The van der Waals surface area contributed by atoms with Crippen LogP contribution in [0.1, 0.15) is 47.5 Å². The van der Waals surface area contributed by atoms with Crippen molar-refractivity contribution in [2.24, 2.45) is 15.8 Å². The third-order valence-corrected chi connectivity index (χ3v) is 5.65. The van der Waals surface area contributed by atoms with Gasteiger partial charge in [-0.1, -0.05) is 46.4 Å². The number of hydrogen-bond acceptors (Lipinski definition) is 2. The van der Waals surface area contributed by atoms with E-state index in [2.05, 4.69) is 39.9 Å². The second kappa shape index (κ2) is 3.94. The van der Waals surface area contributed by atoms with E-state index in [1.54, 1.807) is 0 Å². The fourth-order valence-electron chi connectivity index (χ4n) is 2.57. The second-order valence-corrected chi connectivity index (χ2v) is 7.25. The maximum absolute atomic E-state index is 4.92. The van der Waals surface area contributed by atoms with Crippen LogP contribution in [0.25, 0.3) is 0 Å². The molecule has 1 atom stereocenters. The minimum atomic E-state index is 0.362. The van der Waals surface area contributed by atoms with Crippen molar-refractivity contribution in [3.8, 4) is 0 Å². The zero-order valence-corrected chi connectivity index (χ0v) is 11.9. The predicted molar refractivity (Wildman–Crippen MR) is 73.1 cm³/mol. The molecule has 2 rings (SSSR count). The van der Waals surface area contributed by atoms with Gasteiger partial charge in [0.15, 0.2) is 5.17 Å². The fourth-order valence-corrected chi connectivity index (χ4v) is 3.59. The number of amidine groups is 1. The van der Waals surface area contributed by atoms with Gasteiger partial charge in [-0.2, -0.15) is 0 Å². The molecule has 16 heavy (non-hydrogen) atoms. The number of thioether (sulfide) groups is 1. The number of nitrogens with one attached hydrogen (secondary N) is 1. The van der Waals surface area contributed by atoms with Gasteiger partial charge in [-0.25, -0.2) is 0 Å². The molecule has 0 spiro atoms. The van der Waals surface area contributed by atoms with Crippen molar-refractivity contribution in [3.05, 3.63) is 0 Å². The normalized spacial score (nSPS) is 34.8. The van der Waals surface area contributed by atoms with Crippen molar-refractivity contribution in [1.29, 1.82) is 0 Å². The van der Waals surface area contributed by atoms with Crippen molar-refractivity contribution < 1.29 is 0 Å². The van der Waals surface area contributed by atoms with E-state index < -0.39 is 0 Å². The molecule has 1 aliphatic heterocycles. The molecule has 1 unspecified atom stereocenters. The average molecular weight is 240 g/mol. The smallest absolute Gasteiger partial charge is 0.157 e. The zero-order valence-electron chi connectivity index (χ0n) is 11.1. The summed E-state index contributed by atoms with van der Waals surface area (Å²) in [5, 5.41) is 4.75. The van der Waals surface area contributed by atoms with Crippen molar-refractivity contribution in [3.63, 3.8) is 0 Å². The Morgan fingerprint density at radius 2 is 1.94 bits per heavy atom. The molecule has 2 nitrogen and oxygen atoms in total. The maximum Gasteiger partial charge on any atom is 0.157 e. The van der Waals surface area contributed by atoms with E-state index in [0.29, 0.717) is 22.9 Å². The lowest BCUT2D eigenvalue weighted by Gasteiger charge is -2.24. The van der Waals surface area contributed by atoms with E-state index in [0.717, 1.165) is 0 Å². The van der Waals surface area contributed by atoms with Gasteiger partial charge in [0.2, 0.25) is 0 Å². The lowest BCUT2D eigenvalue weighted by Crippen LogP contribution is -2.37. The molecule has 0 radical (unpaired) electrons. The summed E-state index contributed by atoms with van der Waals surface area (Å²) >= 11 is 1.89. The number of nitrogens with zero attached hydrogens (tertiary/aromatic N) is 1. The Kier molecular flexibility index (Phi) is 3.02. The van der Waals surface area contributed by atoms with Gasteiger partial charge in [-0.15, -0.1) is 0 Å². The summed E-state index contributed by atoms with van der Waals surface area (Å²) in [5.74, 6) is 1.22. The molecular weight excluding hydrogens is 216 g/mol. The first-order chi connectivity index (χ1) is 7.39. The van der Waals surface area contributed by atoms with E-state index >= 15 is 0 Å². The molecule has 1 saturated carbocycles. The first kappa shape index (κ1) is 12.3. The molecule has 1 aliphatic carbocycles. The molecule has 1 saturated heterocycles. The van der Waals surface area contributed by atoms with Gasteiger partial charge in [0.1, 0.15) is 0 Å². The lowest BCUT2D eigenvalue weighted by atomic mass is 10.0. The van der Waals surface area contributed by atoms with Gasteiger partial charge in [0.05, 0.1) is 6.04 Å². The van der Waals surface area contributed by atoms with Gasteiger partial charge < -0.3 is 5.32 Å². The molecule has 2 aliphatic rings. The van der Waals surface area contributed by atoms with Crippen LogP contribution >= 0.6 is 11.8 Å². The summed E-state index contributed by atoms with van der Waals surface area (Å²) in [6, 6.07) is 1.13. The Morgan fingerprint density at radius 3 is 2.44 bits per heavy atom. The molecule has 0 aromatic heterocycles. The Morgan fingerprint density at radius 1 is 1.31 bits per heavy atom. The van der Waals surface area contributed by atoms with Crippen molar-refractivity contribution in [2.45, 2.75) is 59.5 Å². The van der Waals surface area contributed by atoms with E-state index in [1.165, 1.54) is 23.8 Å². The SMILES string of the molecule is CCC1CCSC(=NC2C(C)(C)C2(C)C)N1. The Hall–Kier alpha value is -0.180. The van der Waals surface area contributed by atoms with Crippen LogP contribution in [-0.4, -0.2) is 23.0 Å². The number of aliphatic imine (C=N–C) groups is 1. The highest BCUT2D eigenvalue weighted by Gasteiger charge is 2.65. The molecule has 0 bridgehead atoms. The molecule has 2 fully saturated rings. The summed E-state index contributed by atoms with van der Waals surface area (Å²) in [6.07, 6.45) is 2.48. The van der Waals surface area contributed by atoms with Crippen LogP contribution in [0.5, 0.6) is 0 Å². The summed E-state index contributed by atoms with van der Waals surface area (Å²) in [5.41, 5.74) is 0.725. The number of rotatable bonds is 2. The minimum absolute atomic E-state index is 0.362. The first-order valence-electron chi connectivity index (χ1n) is 6.36. The van der Waals surface area contributed by atoms with Crippen LogP contribution in [0.4, 0.5) is 0 Å². The summed E-state index contributed by atoms with van der Waals surface area (Å²) < 4.78 is 0. The summed E-state index contributed by atoms with van der Waals surface area (Å²) in [4.78, 5) is 4.92. The molecule has 1 heterocycles. The fraction of sp³-hybridized carbons (Fsp3) is 0.923. The van der Waals surface area contributed by atoms with Gasteiger partial charge in [0.25, 0.3) is 0 Å². The van der Waals surface area contributed by atoms with E-state index in [9.17, 15) is 0 Å². The predicted octanol–water partition coefficient (Wildman–Crippen LogP) is 3.28. The van der Waals surface area contributed by atoms with Gasteiger partial charge in [-0.05, 0) is 23.7 Å². The Bertz CT molecular complexity index is 293. The van der Waals surface area contributed by atoms with Crippen LogP contribution in [0, 0.1) is 10.8 Å². The van der Waals surface area contributed by atoms with Crippen LogP contribution in [0.15, 0.2) is 4.99 Å². The quantitative estimate of drug-likeness (QED) is 0.801. The van der Waals surface area contributed by atoms with E-state index in [4.69, 9.17) is 4.99 Å². The largest absolute Gasteiger partial charge is 0.362 e. The van der Waals surface area contributed by atoms with Crippen LogP contribution < -0.4 is 5.32 Å². The standard InChI is InChI=1S/C13H24N2S/c1-6-9-7-8-16-11(14-9)15-10-12(2,3)13(10,4)5/h9-10H,6-8H2,1-5H3,(H,14,15). The van der Waals surface area contributed by atoms with Crippen molar-refractivity contribution in [1.82, 2.24) is 5.32 Å². The van der Waals surface area contributed by atoms with E-state index in [1.807, 2.05) is 11.8 Å². The van der Waals surface area contributed by atoms with Gasteiger partial charge >= 0.3 is 0 Å². The number of hydrogen-bond donors (Lipinski definition) is 1. The van der Waals surface area contributed by atoms with Crippen LogP contribution in [0.3, 0.4) is 0 Å². The van der Waals surface area contributed by atoms with Gasteiger partial charge in [0, 0.05) is 11.8 Å². The Balaban J connectivity index is 2.03. The summed E-state index contributed by atoms with van der Waals surface area (Å²) in [7, 11) is 0. The average Bonchev–Trinajstić information content (AvgIpc) is 2.61. The van der Waals surface area contributed by atoms with Crippen molar-refractivity contribution in [2.75, 3.05) is 5.75 Å². The minimum Gasteiger partial charge on any atom is -0.362 e. The third kappa shape index (κ3) is 1.87. The molecule has 0 amide bonds. The van der Waals surface area contributed by atoms with Gasteiger partial charge in [-0.3, -0.25) is 4.99 Å². The van der Waals surface area contributed by atoms with Crippen molar-refractivity contribution >= 4 is 16.9 Å². The first-order valence-corrected chi connectivity index (χ1v) is 7.35. The van der Waals surface area contributed by atoms with E-state index in [-0.39, 0.29) is 0 Å². The van der Waals surface area contributed by atoms with Crippen LogP contribution in [0.2, 0.25) is 0 Å². The van der Waals surface area contributed by atoms with Crippen LogP contribution in [-0.2, 0) is 0 Å². The molecule has 1 N–H and O–H groups in total. The highest BCUT2D eigenvalue weighted by molar-refractivity contribution is 8.13. The topological polar surface area (TPSA) is 24.4 Å². The maximum atomic E-state index is 4.92. The molecule has 92 valence electrons. The monoisotopic (exact) mass is 240 g/mol. The molecule has 0 aromatic carbocycles. The Labute approximate surface area is 104 Å². The highest BCUT2D eigenvalue weighted by Crippen LogP contribution is 2.64. The highest BCUT2D eigenvalue weighted by atomic mass is 32.2. The molecule has 3 heteroatoms. The summed E-state index contributed by atoms with van der Waals surface area (Å²) in [6.45, 7) is 11.5.